The smallest absolute Gasteiger partial charge is 0.225 e. The monoisotopic (exact) mass is 270 g/mol. The maximum atomic E-state index is 12.5. The van der Waals surface area contributed by atoms with Gasteiger partial charge in [0.1, 0.15) is 0 Å². The molecule has 1 rings (SSSR count). The van der Waals surface area contributed by atoms with Crippen molar-refractivity contribution in [2.75, 3.05) is 39.3 Å². The molecule has 0 radical (unpaired) electrons. The Morgan fingerprint density at radius 1 is 1.21 bits per heavy atom. The van der Waals surface area contributed by atoms with Crippen LogP contribution in [0.15, 0.2) is 0 Å². The molecule has 19 heavy (non-hydrogen) atoms. The van der Waals surface area contributed by atoms with Gasteiger partial charge in [-0.1, -0.05) is 26.7 Å². The Kier molecular flexibility index (Phi) is 8.07. The van der Waals surface area contributed by atoms with Crippen molar-refractivity contribution in [3.8, 4) is 0 Å². The molecule has 4 heteroatoms. The summed E-state index contributed by atoms with van der Waals surface area (Å²) in [7, 11) is 0. The summed E-state index contributed by atoms with van der Waals surface area (Å²) in [5.41, 5.74) is 0. The number of nitrogens with zero attached hydrogens (tertiary/aromatic N) is 2. The molecule has 112 valence electrons. The predicted molar refractivity (Wildman–Crippen MR) is 78.0 cm³/mol. The Bertz CT molecular complexity index is 259. The molecule has 0 spiro atoms. The van der Waals surface area contributed by atoms with E-state index < -0.39 is 0 Å². The van der Waals surface area contributed by atoms with Crippen LogP contribution in [0.2, 0.25) is 0 Å². The van der Waals surface area contributed by atoms with E-state index in [4.69, 9.17) is 5.11 Å². The Labute approximate surface area is 117 Å². The molecule has 0 bridgehead atoms. The average Bonchev–Trinajstić information content (AvgIpc) is 2.65. The first-order chi connectivity index (χ1) is 9.22. The molecule has 0 aromatic carbocycles. The Morgan fingerprint density at radius 3 is 2.63 bits per heavy atom. The summed E-state index contributed by atoms with van der Waals surface area (Å²) in [5, 5.41) is 8.99. The Morgan fingerprint density at radius 2 is 2.00 bits per heavy atom. The maximum absolute atomic E-state index is 12.5. The molecule has 1 atom stereocenters. The number of unbranched alkanes of at least 4 members (excludes halogenated alkanes) is 1. The minimum Gasteiger partial charge on any atom is -0.395 e. The molecule has 0 saturated carbocycles. The third-order valence-corrected chi connectivity index (χ3v) is 4.06. The number of aliphatic hydroxyl groups is 1. The SMILES string of the molecule is CCCCC(CC)C(=O)N1CCCN(CCO)CC1. The van der Waals surface area contributed by atoms with Crippen LogP contribution in [0, 0.1) is 5.92 Å². The molecule has 1 fully saturated rings. The second-order valence-electron chi connectivity index (χ2n) is 5.49. The molecule has 0 aliphatic carbocycles. The molecule has 1 aliphatic heterocycles. The summed E-state index contributed by atoms with van der Waals surface area (Å²) in [6.45, 7) is 8.83. The molecule has 0 aromatic rings. The van der Waals surface area contributed by atoms with Crippen LogP contribution in [-0.4, -0.2) is 60.1 Å². The van der Waals surface area contributed by atoms with E-state index in [0.717, 1.165) is 64.8 Å². The maximum Gasteiger partial charge on any atom is 0.225 e. The van der Waals surface area contributed by atoms with Crippen LogP contribution in [0.3, 0.4) is 0 Å². The van der Waals surface area contributed by atoms with Gasteiger partial charge in [-0.25, -0.2) is 0 Å². The molecule has 1 amide bonds. The van der Waals surface area contributed by atoms with Crippen molar-refractivity contribution < 1.29 is 9.90 Å². The van der Waals surface area contributed by atoms with Crippen molar-refractivity contribution in [3.05, 3.63) is 0 Å². The van der Waals surface area contributed by atoms with Crippen LogP contribution in [0.1, 0.15) is 46.0 Å². The summed E-state index contributed by atoms with van der Waals surface area (Å²) < 4.78 is 0. The van der Waals surface area contributed by atoms with Crippen molar-refractivity contribution >= 4 is 5.91 Å². The highest BCUT2D eigenvalue weighted by atomic mass is 16.3. The van der Waals surface area contributed by atoms with Gasteiger partial charge in [-0.05, 0) is 25.8 Å². The number of carbonyl (C=O) groups excluding carboxylic acids is 1. The Hall–Kier alpha value is -0.610. The number of β-amino-alcohol motifs (C(OH)–C–C–N with tert-alkyl or cyclic N) is 1. The van der Waals surface area contributed by atoms with Gasteiger partial charge in [0, 0.05) is 32.1 Å². The number of hydrogen-bond donors (Lipinski definition) is 1. The zero-order chi connectivity index (χ0) is 14.1. The zero-order valence-electron chi connectivity index (χ0n) is 12.6. The van der Waals surface area contributed by atoms with Crippen LogP contribution >= 0.6 is 0 Å². The highest BCUT2D eigenvalue weighted by Gasteiger charge is 2.24. The quantitative estimate of drug-likeness (QED) is 0.766. The van der Waals surface area contributed by atoms with Crippen molar-refractivity contribution in [2.45, 2.75) is 46.0 Å². The topological polar surface area (TPSA) is 43.8 Å². The van der Waals surface area contributed by atoms with Gasteiger partial charge in [0.05, 0.1) is 6.61 Å². The molecular weight excluding hydrogens is 240 g/mol. The first-order valence-electron chi connectivity index (χ1n) is 7.84. The van der Waals surface area contributed by atoms with Crippen LogP contribution < -0.4 is 0 Å². The minimum atomic E-state index is 0.210. The van der Waals surface area contributed by atoms with Gasteiger partial charge in [0.15, 0.2) is 0 Å². The molecule has 1 aliphatic rings. The summed E-state index contributed by atoms with van der Waals surface area (Å²) in [4.78, 5) is 16.8. The highest BCUT2D eigenvalue weighted by molar-refractivity contribution is 5.78. The van der Waals surface area contributed by atoms with Gasteiger partial charge in [-0.3, -0.25) is 9.69 Å². The largest absolute Gasteiger partial charge is 0.395 e. The van der Waals surface area contributed by atoms with E-state index in [1.807, 2.05) is 4.90 Å². The van der Waals surface area contributed by atoms with Gasteiger partial charge >= 0.3 is 0 Å². The molecule has 1 N–H and O–H groups in total. The van der Waals surface area contributed by atoms with Gasteiger partial charge in [-0.15, -0.1) is 0 Å². The molecule has 4 nitrogen and oxygen atoms in total. The van der Waals surface area contributed by atoms with Gasteiger partial charge in [0.25, 0.3) is 0 Å². The average molecular weight is 270 g/mol. The second kappa shape index (κ2) is 9.32. The van der Waals surface area contributed by atoms with Crippen LogP contribution in [0.5, 0.6) is 0 Å². The molecular formula is C15H30N2O2. The van der Waals surface area contributed by atoms with Crippen molar-refractivity contribution in [1.82, 2.24) is 9.80 Å². The summed E-state index contributed by atoms with van der Waals surface area (Å²) in [6.07, 6.45) is 5.32. The van der Waals surface area contributed by atoms with Crippen molar-refractivity contribution in [3.63, 3.8) is 0 Å². The zero-order valence-corrected chi connectivity index (χ0v) is 12.6. The molecule has 1 saturated heterocycles. The van der Waals surface area contributed by atoms with Crippen LogP contribution in [-0.2, 0) is 4.79 Å². The van der Waals surface area contributed by atoms with E-state index in [9.17, 15) is 4.79 Å². The summed E-state index contributed by atoms with van der Waals surface area (Å²) in [5.74, 6) is 0.561. The van der Waals surface area contributed by atoms with Crippen LogP contribution in [0.4, 0.5) is 0 Å². The fraction of sp³-hybridized carbons (Fsp3) is 0.933. The van der Waals surface area contributed by atoms with E-state index in [0.29, 0.717) is 5.91 Å². The van der Waals surface area contributed by atoms with E-state index in [1.54, 1.807) is 0 Å². The molecule has 1 heterocycles. The number of hydrogen-bond acceptors (Lipinski definition) is 3. The first kappa shape index (κ1) is 16.4. The predicted octanol–water partition coefficient (Wildman–Crippen LogP) is 1.73. The van der Waals surface area contributed by atoms with Crippen molar-refractivity contribution in [2.24, 2.45) is 5.92 Å². The van der Waals surface area contributed by atoms with Gasteiger partial charge in [0.2, 0.25) is 5.91 Å². The lowest BCUT2D eigenvalue weighted by molar-refractivity contribution is -0.135. The molecule has 1 unspecified atom stereocenters. The van der Waals surface area contributed by atoms with E-state index >= 15 is 0 Å². The number of rotatable bonds is 7. The van der Waals surface area contributed by atoms with Crippen LogP contribution in [0.25, 0.3) is 0 Å². The summed E-state index contributed by atoms with van der Waals surface area (Å²) in [6, 6.07) is 0. The fourth-order valence-electron chi connectivity index (χ4n) is 2.77. The lowest BCUT2D eigenvalue weighted by atomic mass is 9.97. The lowest BCUT2D eigenvalue weighted by Crippen LogP contribution is -2.39. The number of carbonyl (C=O) groups is 1. The first-order valence-corrected chi connectivity index (χ1v) is 7.84. The third kappa shape index (κ3) is 5.49. The van der Waals surface area contributed by atoms with E-state index in [2.05, 4.69) is 18.7 Å². The van der Waals surface area contributed by atoms with Gasteiger partial charge in [-0.2, -0.15) is 0 Å². The highest BCUT2D eigenvalue weighted by Crippen LogP contribution is 2.17. The minimum absolute atomic E-state index is 0.210. The number of amides is 1. The second-order valence-corrected chi connectivity index (χ2v) is 5.49. The third-order valence-electron chi connectivity index (χ3n) is 4.06. The Balaban J connectivity index is 2.46. The molecule has 0 aromatic heterocycles. The number of aliphatic hydroxyl groups excluding tert-OH is 1. The van der Waals surface area contributed by atoms with Gasteiger partial charge < -0.3 is 10.0 Å². The van der Waals surface area contributed by atoms with E-state index in [-0.39, 0.29) is 12.5 Å². The standard InChI is InChI=1S/C15H30N2O2/c1-3-5-7-14(4-2)15(19)17-9-6-8-16(10-11-17)12-13-18/h14,18H,3-13H2,1-2H3. The van der Waals surface area contributed by atoms with Crippen molar-refractivity contribution in [1.29, 1.82) is 0 Å². The summed E-state index contributed by atoms with van der Waals surface area (Å²) >= 11 is 0. The van der Waals surface area contributed by atoms with E-state index in [1.165, 1.54) is 0 Å². The normalized spacial score (nSPS) is 19.2. The lowest BCUT2D eigenvalue weighted by Gasteiger charge is -2.26. The fourth-order valence-corrected chi connectivity index (χ4v) is 2.77.